The fourth-order valence-corrected chi connectivity index (χ4v) is 2.53. The fourth-order valence-electron chi connectivity index (χ4n) is 2.53. The lowest BCUT2D eigenvalue weighted by Gasteiger charge is -2.22. The lowest BCUT2D eigenvalue weighted by molar-refractivity contribution is 0.455. The molecule has 0 amide bonds. The van der Waals surface area contributed by atoms with Gasteiger partial charge in [-0.2, -0.15) is 0 Å². The Morgan fingerprint density at radius 2 is 2.13 bits per heavy atom. The predicted octanol–water partition coefficient (Wildman–Crippen LogP) is 2.56. The summed E-state index contributed by atoms with van der Waals surface area (Å²) in [4.78, 5) is 4.18. The van der Waals surface area contributed by atoms with Crippen LogP contribution in [0.15, 0.2) is 29.0 Å². The van der Waals surface area contributed by atoms with Gasteiger partial charge in [0.25, 0.3) is 0 Å². The van der Waals surface area contributed by atoms with Gasteiger partial charge < -0.3 is 10.2 Å². The third-order valence-electron chi connectivity index (χ3n) is 3.38. The van der Waals surface area contributed by atoms with Gasteiger partial charge in [0.1, 0.15) is 0 Å². The van der Waals surface area contributed by atoms with E-state index in [9.17, 15) is 0 Å². The highest BCUT2D eigenvalue weighted by Gasteiger charge is 2.34. The molecule has 3 nitrogen and oxygen atoms in total. The molecule has 0 atom stereocenters. The van der Waals surface area contributed by atoms with Crippen molar-refractivity contribution in [3.63, 3.8) is 0 Å². The maximum atomic E-state index is 6.40. The van der Waals surface area contributed by atoms with E-state index in [1.54, 1.807) is 12.5 Å². The summed E-state index contributed by atoms with van der Waals surface area (Å²) in [6.45, 7) is 0. The Kier molecular flexibility index (Phi) is 1.83. The molecule has 0 saturated heterocycles. The highest BCUT2D eigenvalue weighted by molar-refractivity contribution is 5.78. The number of aromatic nitrogens is 1. The van der Waals surface area contributed by atoms with E-state index in [1.165, 1.54) is 12.8 Å². The number of hydrogen-bond donors (Lipinski definition) is 1. The van der Waals surface area contributed by atoms with Gasteiger partial charge in [-0.15, -0.1) is 0 Å². The minimum absolute atomic E-state index is 0.186. The van der Waals surface area contributed by atoms with Crippen LogP contribution in [0.1, 0.15) is 31.2 Å². The molecular formula is C12H14N2O. The van der Waals surface area contributed by atoms with E-state index in [1.807, 2.05) is 12.1 Å². The second-order valence-corrected chi connectivity index (χ2v) is 4.37. The van der Waals surface area contributed by atoms with Crippen LogP contribution in [0.25, 0.3) is 11.1 Å². The molecule has 3 rings (SSSR count). The van der Waals surface area contributed by atoms with E-state index in [0.717, 1.165) is 23.8 Å². The maximum absolute atomic E-state index is 6.40. The zero-order valence-corrected chi connectivity index (χ0v) is 8.57. The average molecular weight is 202 g/mol. The standard InChI is InChI=1S/C12H14N2O/c13-12(5-1-2-6-12)10-8-15-11-9(10)4-3-7-14-11/h3-4,7-8H,1-2,5-6,13H2. The first-order chi connectivity index (χ1) is 7.30. The number of nitrogens with zero attached hydrogens (tertiary/aromatic N) is 1. The van der Waals surface area contributed by atoms with Crippen molar-refractivity contribution >= 4 is 11.1 Å². The van der Waals surface area contributed by atoms with Crippen LogP contribution in [0.4, 0.5) is 0 Å². The van der Waals surface area contributed by atoms with E-state index in [2.05, 4.69) is 4.98 Å². The lowest BCUT2D eigenvalue weighted by atomic mass is 9.90. The molecule has 1 saturated carbocycles. The van der Waals surface area contributed by atoms with E-state index in [0.29, 0.717) is 5.71 Å². The van der Waals surface area contributed by atoms with Gasteiger partial charge in [0.15, 0.2) is 0 Å². The fraction of sp³-hybridized carbons (Fsp3) is 0.417. The summed E-state index contributed by atoms with van der Waals surface area (Å²) < 4.78 is 5.44. The number of pyridine rings is 1. The molecule has 0 aliphatic heterocycles. The van der Waals surface area contributed by atoms with Crippen LogP contribution in [-0.2, 0) is 5.54 Å². The molecule has 1 aliphatic carbocycles. The Morgan fingerprint density at radius 3 is 2.93 bits per heavy atom. The van der Waals surface area contributed by atoms with Gasteiger partial charge in [-0.05, 0) is 25.0 Å². The Balaban J connectivity index is 2.18. The Labute approximate surface area is 88.3 Å². The van der Waals surface area contributed by atoms with Gasteiger partial charge in [-0.1, -0.05) is 12.8 Å². The first-order valence-electron chi connectivity index (χ1n) is 5.41. The monoisotopic (exact) mass is 202 g/mol. The van der Waals surface area contributed by atoms with E-state index < -0.39 is 0 Å². The van der Waals surface area contributed by atoms with Gasteiger partial charge in [0, 0.05) is 22.7 Å². The quantitative estimate of drug-likeness (QED) is 0.773. The highest BCUT2D eigenvalue weighted by atomic mass is 16.3. The average Bonchev–Trinajstić information content (AvgIpc) is 2.84. The van der Waals surface area contributed by atoms with Crippen LogP contribution in [0.5, 0.6) is 0 Å². The van der Waals surface area contributed by atoms with Gasteiger partial charge in [-0.25, -0.2) is 4.98 Å². The molecule has 3 heteroatoms. The zero-order valence-electron chi connectivity index (χ0n) is 8.57. The number of nitrogens with two attached hydrogens (primary N) is 1. The number of fused-ring (bicyclic) bond motifs is 1. The second-order valence-electron chi connectivity index (χ2n) is 4.37. The van der Waals surface area contributed by atoms with E-state index >= 15 is 0 Å². The van der Waals surface area contributed by atoms with Gasteiger partial charge in [0.2, 0.25) is 5.71 Å². The molecule has 2 aromatic rings. The molecule has 0 bridgehead atoms. The molecular weight excluding hydrogens is 188 g/mol. The van der Waals surface area contributed by atoms with Crippen molar-refractivity contribution in [1.82, 2.24) is 4.98 Å². The Morgan fingerprint density at radius 1 is 1.33 bits per heavy atom. The van der Waals surface area contributed by atoms with Crippen LogP contribution < -0.4 is 5.73 Å². The molecule has 0 aromatic carbocycles. The molecule has 78 valence electrons. The molecule has 2 N–H and O–H groups in total. The summed E-state index contributed by atoms with van der Waals surface area (Å²) in [5.74, 6) is 0. The third-order valence-corrected chi connectivity index (χ3v) is 3.38. The maximum Gasteiger partial charge on any atom is 0.226 e. The van der Waals surface area contributed by atoms with E-state index in [-0.39, 0.29) is 5.54 Å². The number of furan rings is 1. The number of rotatable bonds is 1. The smallest absolute Gasteiger partial charge is 0.226 e. The Bertz CT molecular complexity index is 483. The van der Waals surface area contributed by atoms with Crippen LogP contribution in [-0.4, -0.2) is 4.98 Å². The van der Waals surface area contributed by atoms with Gasteiger partial charge >= 0.3 is 0 Å². The van der Waals surface area contributed by atoms with Gasteiger partial charge in [0.05, 0.1) is 6.26 Å². The minimum Gasteiger partial charge on any atom is -0.446 e. The largest absolute Gasteiger partial charge is 0.446 e. The lowest BCUT2D eigenvalue weighted by Crippen LogP contribution is -2.32. The van der Waals surface area contributed by atoms with Crippen molar-refractivity contribution < 1.29 is 4.42 Å². The summed E-state index contributed by atoms with van der Waals surface area (Å²) in [7, 11) is 0. The van der Waals surface area contributed by atoms with Crippen molar-refractivity contribution in [2.45, 2.75) is 31.2 Å². The number of hydrogen-bond acceptors (Lipinski definition) is 3. The first-order valence-corrected chi connectivity index (χ1v) is 5.41. The zero-order chi connectivity index (χ0) is 10.3. The van der Waals surface area contributed by atoms with E-state index in [4.69, 9.17) is 10.2 Å². The summed E-state index contributed by atoms with van der Waals surface area (Å²) in [5, 5.41) is 1.07. The second kappa shape index (κ2) is 3.07. The van der Waals surface area contributed by atoms with Crippen LogP contribution in [0.2, 0.25) is 0 Å². The summed E-state index contributed by atoms with van der Waals surface area (Å²) in [6, 6.07) is 3.97. The Hall–Kier alpha value is -1.35. The minimum atomic E-state index is -0.186. The molecule has 0 spiro atoms. The normalized spacial score (nSPS) is 19.8. The molecule has 2 heterocycles. The van der Waals surface area contributed by atoms with Crippen molar-refractivity contribution in [2.75, 3.05) is 0 Å². The predicted molar refractivity (Wildman–Crippen MR) is 58.3 cm³/mol. The van der Waals surface area contributed by atoms with Crippen molar-refractivity contribution in [3.05, 3.63) is 30.2 Å². The highest BCUT2D eigenvalue weighted by Crippen LogP contribution is 2.39. The third kappa shape index (κ3) is 1.27. The summed E-state index contributed by atoms with van der Waals surface area (Å²) >= 11 is 0. The topological polar surface area (TPSA) is 52.0 Å². The molecule has 2 aromatic heterocycles. The SMILES string of the molecule is NC1(c2coc3ncccc23)CCCC1. The van der Waals surface area contributed by atoms with Crippen molar-refractivity contribution in [3.8, 4) is 0 Å². The molecule has 0 radical (unpaired) electrons. The molecule has 1 fully saturated rings. The molecule has 15 heavy (non-hydrogen) atoms. The molecule has 0 unspecified atom stereocenters. The van der Waals surface area contributed by atoms with Crippen molar-refractivity contribution in [2.24, 2.45) is 5.73 Å². The summed E-state index contributed by atoms with van der Waals surface area (Å²) in [5.41, 5.74) is 8.04. The first kappa shape index (κ1) is 8.92. The van der Waals surface area contributed by atoms with Crippen LogP contribution in [0, 0.1) is 0 Å². The molecule has 1 aliphatic rings. The van der Waals surface area contributed by atoms with Crippen LogP contribution in [0.3, 0.4) is 0 Å². The summed E-state index contributed by atoms with van der Waals surface area (Å²) in [6.07, 6.45) is 8.05. The van der Waals surface area contributed by atoms with Crippen molar-refractivity contribution in [1.29, 1.82) is 0 Å². The van der Waals surface area contributed by atoms with Crippen LogP contribution >= 0.6 is 0 Å². The van der Waals surface area contributed by atoms with Gasteiger partial charge in [-0.3, -0.25) is 0 Å².